The summed E-state index contributed by atoms with van der Waals surface area (Å²) >= 11 is 0. The molecular weight excluding hydrogens is 200 g/mol. The summed E-state index contributed by atoms with van der Waals surface area (Å²) in [6.07, 6.45) is 7.40. The fourth-order valence-electron chi connectivity index (χ4n) is 2.61. The Morgan fingerprint density at radius 3 is 2.31 bits per heavy atom. The number of carbonyl (C=O) groups is 1. The van der Waals surface area contributed by atoms with Crippen LogP contribution >= 0.6 is 0 Å². The molecule has 0 unspecified atom stereocenters. The van der Waals surface area contributed by atoms with E-state index >= 15 is 0 Å². The predicted molar refractivity (Wildman–Crippen MR) is 66.1 cm³/mol. The van der Waals surface area contributed by atoms with Crippen LogP contribution in [0, 0.1) is 10.8 Å². The molecule has 0 amide bonds. The molecule has 0 N–H and O–H groups in total. The Morgan fingerprint density at radius 2 is 1.88 bits per heavy atom. The molecule has 0 aromatic rings. The lowest BCUT2D eigenvalue weighted by Crippen LogP contribution is -2.42. The molecule has 2 nitrogen and oxygen atoms in total. The largest absolute Gasteiger partial charge is 0.462 e. The Hall–Kier alpha value is -0.790. The zero-order chi connectivity index (χ0) is 12.2. The van der Waals surface area contributed by atoms with E-state index in [9.17, 15) is 4.79 Å². The van der Waals surface area contributed by atoms with Crippen LogP contribution in [0.25, 0.3) is 0 Å². The Kier molecular flexibility index (Phi) is 4.17. The molecule has 16 heavy (non-hydrogen) atoms. The van der Waals surface area contributed by atoms with Gasteiger partial charge in [0.2, 0.25) is 0 Å². The van der Waals surface area contributed by atoms with Crippen LogP contribution in [0.2, 0.25) is 0 Å². The maximum absolute atomic E-state index is 11.2. The van der Waals surface area contributed by atoms with Crippen molar-refractivity contribution in [1.82, 2.24) is 0 Å². The Balaban J connectivity index is 2.71. The number of esters is 1. The Morgan fingerprint density at radius 1 is 1.31 bits per heavy atom. The smallest absolute Gasteiger partial charge is 0.330 e. The van der Waals surface area contributed by atoms with E-state index in [4.69, 9.17) is 4.74 Å². The monoisotopic (exact) mass is 224 g/mol. The number of rotatable bonds is 3. The lowest BCUT2D eigenvalue weighted by Gasteiger charge is -2.47. The van der Waals surface area contributed by atoms with Gasteiger partial charge in [-0.05, 0) is 18.3 Å². The second-order valence-corrected chi connectivity index (χ2v) is 5.90. The summed E-state index contributed by atoms with van der Waals surface area (Å²) in [6.45, 7) is 10.7. The highest BCUT2D eigenvalue weighted by Crippen LogP contribution is 2.49. The quantitative estimate of drug-likeness (QED) is 0.539. The maximum Gasteiger partial charge on any atom is 0.330 e. The lowest BCUT2D eigenvalue weighted by molar-refractivity contribution is -0.146. The van der Waals surface area contributed by atoms with Crippen LogP contribution in [0.1, 0.15) is 52.9 Å². The molecule has 0 bridgehead atoms. The molecule has 1 saturated carbocycles. The van der Waals surface area contributed by atoms with Gasteiger partial charge in [-0.1, -0.05) is 46.6 Å². The molecule has 1 aliphatic carbocycles. The third kappa shape index (κ3) is 2.87. The summed E-state index contributed by atoms with van der Waals surface area (Å²) in [5.74, 6) is -0.297. The highest BCUT2D eigenvalue weighted by Gasteiger charge is 2.43. The van der Waals surface area contributed by atoms with Crippen molar-refractivity contribution in [1.29, 1.82) is 0 Å². The first-order valence-electron chi connectivity index (χ1n) is 6.20. The van der Waals surface area contributed by atoms with Crippen molar-refractivity contribution < 1.29 is 9.53 Å². The second kappa shape index (κ2) is 5.03. The average Bonchev–Trinajstić information content (AvgIpc) is 2.25. The summed E-state index contributed by atoms with van der Waals surface area (Å²) in [7, 11) is 0. The first kappa shape index (κ1) is 13.3. The van der Waals surface area contributed by atoms with Crippen LogP contribution in [0.5, 0.6) is 0 Å². The van der Waals surface area contributed by atoms with Crippen molar-refractivity contribution in [3.8, 4) is 0 Å². The fourth-order valence-corrected chi connectivity index (χ4v) is 2.61. The van der Waals surface area contributed by atoms with Gasteiger partial charge < -0.3 is 4.74 Å². The van der Waals surface area contributed by atoms with Crippen molar-refractivity contribution in [2.45, 2.75) is 52.9 Å². The molecule has 0 radical (unpaired) electrons. The summed E-state index contributed by atoms with van der Waals surface area (Å²) in [5, 5.41) is 0. The third-order valence-electron chi connectivity index (χ3n) is 4.06. The molecule has 0 aromatic heterocycles. The van der Waals surface area contributed by atoms with Crippen LogP contribution in [0.3, 0.4) is 0 Å². The minimum absolute atomic E-state index is 0.157. The van der Waals surface area contributed by atoms with Gasteiger partial charge in [-0.2, -0.15) is 0 Å². The van der Waals surface area contributed by atoms with E-state index in [1.54, 1.807) is 0 Å². The van der Waals surface area contributed by atoms with Crippen LogP contribution in [0.4, 0.5) is 0 Å². The predicted octanol–water partition coefficient (Wildman–Crippen LogP) is 3.71. The summed E-state index contributed by atoms with van der Waals surface area (Å²) in [6, 6.07) is 0. The third-order valence-corrected chi connectivity index (χ3v) is 4.06. The highest BCUT2D eigenvalue weighted by molar-refractivity contribution is 5.81. The van der Waals surface area contributed by atoms with Crippen molar-refractivity contribution >= 4 is 5.97 Å². The number of ether oxygens (including phenoxy) is 1. The van der Waals surface area contributed by atoms with Gasteiger partial charge in [0.25, 0.3) is 0 Å². The molecule has 0 heterocycles. The summed E-state index contributed by atoms with van der Waals surface area (Å²) in [4.78, 5) is 11.2. The molecule has 0 atom stereocenters. The van der Waals surface area contributed by atoms with Crippen molar-refractivity contribution in [2.24, 2.45) is 10.8 Å². The highest BCUT2D eigenvalue weighted by atomic mass is 16.5. The number of carbonyl (C=O) groups excluding carboxylic acids is 1. The van der Waals surface area contributed by atoms with Crippen LogP contribution in [0.15, 0.2) is 12.7 Å². The van der Waals surface area contributed by atoms with Gasteiger partial charge in [-0.15, -0.1) is 0 Å². The Labute approximate surface area is 99.1 Å². The molecule has 0 spiro atoms. The summed E-state index contributed by atoms with van der Waals surface area (Å²) < 4.78 is 5.30. The molecule has 1 aliphatic rings. The van der Waals surface area contributed by atoms with E-state index in [0.29, 0.717) is 6.61 Å². The van der Waals surface area contributed by atoms with E-state index < -0.39 is 0 Å². The first-order valence-corrected chi connectivity index (χ1v) is 6.20. The number of hydrogen-bond acceptors (Lipinski definition) is 2. The first-order chi connectivity index (χ1) is 7.41. The maximum atomic E-state index is 11.2. The van der Waals surface area contributed by atoms with Crippen molar-refractivity contribution in [3.05, 3.63) is 12.7 Å². The SMILES string of the molecule is C=CC(=O)OCC1(C(C)(C)C)CCCCC1. The van der Waals surface area contributed by atoms with E-state index in [0.717, 1.165) is 0 Å². The normalized spacial score (nSPS) is 20.2. The van der Waals surface area contributed by atoms with Gasteiger partial charge in [0, 0.05) is 11.5 Å². The van der Waals surface area contributed by atoms with Gasteiger partial charge in [0.15, 0.2) is 0 Å². The molecule has 0 aromatic carbocycles. The second-order valence-electron chi connectivity index (χ2n) is 5.90. The molecule has 1 fully saturated rings. The van der Waals surface area contributed by atoms with Crippen LogP contribution in [-0.2, 0) is 9.53 Å². The van der Waals surface area contributed by atoms with Gasteiger partial charge in [-0.3, -0.25) is 0 Å². The molecule has 1 rings (SSSR count). The van der Waals surface area contributed by atoms with E-state index in [-0.39, 0.29) is 16.8 Å². The Bertz CT molecular complexity index is 254. The van der Waals surface area contributed by atoms with Gasteiger partial charge in [0.05, 0.1) is 6.61 Å². The van der Waals surface area contributed by atoms with E-state index in [1.165, 1.54) is 38.2 Å². The molecule has 2 heteroatoms. The lowest BCUT2D eigenvalue weighted by atomic mass is 9.60. The average molecular weight is 224 g/mol. The van der Waals surface area contributed by atoms with Gasteiger partial charge >= 0.3 is 5.97 Å². The van der Waals surface area contributed by atoms with Gasteiger partial charge in [-0.25, -0.2) is 4.79 Å². The van der Waals surface area contributed by atoms with Crippen molar-refractivity contribution in [3.63, 3.8) is 0 Å². The molecule has 92 valence electrons. The topological polar surface area (TPSA) is 26.3 Å². The fraction of sp³-hybridized carbons (Fsp3) is 0.786. The van der Waals surface area contributed by atoms with Crippen LogP contribution < -0.4 is 0 Å². The zero-order valence-corrected chi connectivity index (χ0v) is 10.8. The molecule has 0 saturated heterocycles. The van der Waals surface area contributed by atoms with E-state index in [1.807, 2.05) is 0 Å². The molecular formula is C14H24O2. The minimum Gasteiger partial charge on any atom is -0.462 e. The van der Waals surface area contributed by atoms with Crippen LogP contribution in [-0.4, -0.2) is 12.6 Å². The van der Waals surface area contributed by atoms with E-state index in [2.05, 4.69) is 27.4 Å². The minimum atomic E-state index is -0.297. The van der Waals surface area contributed by atoms with Gasteiger partial charge in [0.1, 0.15) is 0 Å². The van der Waals surface area contributed by atoms with Crippen molar-refractivity contribution in [2.75, 3.05) is 6.61 Å². The summed E-state index contributed by atoms with van der Waals surface area (Å²) in [5.41, 5.74) is 0.346. The molecule has 0 aliphatic heterocycles. The number of hydrogen-bond donors (Lipinski definition) is 0. The standard InChI is InChI=1S/C14H24O2/c1-5-12(15)16-11-14(13(2,3)4)9-7-6-8-10-14/h5H,1,6-11H2,2-4H3. The zero-order valence-electron chi connectivity index (χ0n) is 10.8.